The summed E-state index contributed by atoms with van der Waals surface area (Å²) in [6.45, 7) is 3.82. The number of nitrogens with zero attached hydrogens (tertiary/aromatic N) is 4. The molecule has 0 saturated carbocycles. The molecule has 0 bridgehead atoms. The maximum atomic E-state index is 9.40. The molecule has 3 heterocycles. The topological polar surface area (TPSA) is 74.1 Å². The molecule has 6 nitrogen and oxygen atoms in total. The minimum atomic E-state index is 0.621. The summed E-state index contributed by atoms with van der Waals surface area (Å²) in [5.41, 5.74) is 2.56. The Labute approximate surface area is 152 Å². The zero-order valence-electron chi connectivity index (χ0n) is 14.4. The minimum absolute atomic E-state index is 0.621. The maximum absolute atomic E-state index is 9.40. The predicted octanol–water partition coefficient (Wildman–Crippen LogP) is 2.95. The summed E-state index contributed by atoms with van der Waals surface area (Å²) in [5.74, 6) is 1.67. The highest BCUT2D eigenvalue weighted by Crippen LogP contribution is 2.21. The molecule has 6 heteroatoms. The normalized spacial score (nSPS) is 14.2. The summed E-state index contributed by atoms with van der Waals surface area (Å²) >= 11 is 0. The fourth-order valence-corrected chi connectivity index (χ4v) is 3.09. The molecule has 1 aromatic carbocycles. The molecule has 0 amide bonds. The Balaban J connectivity index is 1.52. The monoisotopic (exact) mass is 345 g/mol. The Hall–Kier alpha value is -3.17. The standard InChI is InChI=1S/C20H19N5O/c21-13-16-12-19(24-18-4-2-1-3-17(16)18)23-14-15-5-6-22-20(11-15)25-7-9-26-10-8-25/h1-6,11-12H,7-10,14H2,(H,23,24). The lowest BCUT2D eigenvalue weighted by Crippen LogP contribution is -2.36. The molecule has 0 aliphatic carbocycles. The van der Waals surface area contributed by atoms with E-state index in [2.05, 4.69) is 32.3 Å². The van der Waals surface area contributed by atoms with Gasteiger partial charge >= 0.3 is 0 Å². The third kappa shape index (κ3) is 3.44. The number of aromatic nitrogens is 2. The van der Waals surface area contributed by atoms with Crippen molar-refractivity contribution in [3.8, 4) is 6.07 Å². The van der Waals surface area contributed by atoms with Gasteiger partial charge in [0.1, 0.15) is 11.6 Å². The van der Waals surface area contributed by atoms with Crippen molar-refractivity contribution in [2.24, 2.45) is 0 Å². The molecule has 0 spiro atoms. The molecule has 0 atom stereocenters. The van der Waals surface area contributed by atoms with Gasteiger partial charge in [-0.25, -0.2) is 9.97 Å². The van der Waals surface area contributed by atoms with Crippen molar-refractivity contribution >= 4 is 22.5 Å². The highest BCUT2D eigenvalue weighted by atomic mass is 16.5. The number of pyridine rings is 2. The van der Waals surface area contributed by atoms with Gasteiger partial charge in [-0.1, -0.05) is 18.2 Å². The van der Waals surface area contributed by atoms with Gasteiger partial charge in [0, 0.05) is 31.2 Å². The van der Waals surface area contributed by atoms with Gasteiger partial charge in [-0.2, -0.15) is 5.26 Å². The van der Waals surface area contributed by atoms with E-state index < -0.39 is 0 Å². The second-order valence-corrected chi connectivity index (χ2v) is 6.16. The third-order valence-corrected chi connectivity index (χ3v) is 4.46. The zero-order chi connectivity index (χ0) is 17.8. The molecule has 4 rings (SSSR count). The fourth-order valence-electron chi connectivity index (χ4n) is 3.09. The van der Waals surface area contributed by atoms with Crippen molar-refractivity contribution in [3.05, 3.63) is 59.8 Å². The summed E-state index contributed by atoms with van der Waals surface area (Å²) in [4.78, 5) is 11.3. The number of nitriles is 1. The molecule has 2 aromatic heterocycles. The van der Waals surface area contributed by atoms with Crippen LogP contribution in [0.4, 0.5) is 11.6 Å². The highest BCUT2D eigenvalue weighted by molar-refractivity contribution is 5.86. The second kappa shape index (κ2) is 7.38. The average molecular weight is 345 g/mol. The number of ether oxygens (including phenoxy) is 1. The number of morpholine rings is 1. The van der Waals surface area contributed by atoms with Crippen molar-refractivity contribution in [1.29, 1.82) is 5.26 Å². The van der Waals surface area contributed by atoms with Crippen LogP contribution in [0.15, 0.2) is 48.7 Å². The lowest BCUT2D eigenvalue weighted by Gasteiger charge is -2.28. The number of rotatable bonds is 4. The van der Waals surface area contributed by atoms with Crippen LogP contribution in [0.2, 0.25) is 0 Å². The zero-order valence-corrected chi connectivity index (χ0v) is 14.4. The Kier molecular flexibility index (Phi) is 4.63. The van der Waals surface area contributed by atoms with Crippen LogP contribution in [0.1, 0.15) is 11.1 Å². The maximum Gasteiger partial charge on any atom is 0.128 e. The van der Waals surface area contributed by atoms with Crippen molar-refractivity contribution in [3.63, 3.8) is 0 Å². The Morgan fingerprint density at radius 3 is 2.85 bits per heavy atom. The predicted molar refractivity (Wildman–Crippen MR) is 101 cm³/mol. The van der Waals surface area contributed by atoms with Crippen LogP contribution in [0.5, 0.6) is 0 Å². The molecule has 1 aliphatic rings. The number of nitrogens with one attached hydrogen (secondary N) is 1. The molecule has 3 aromatic rings. The van der Waals surface area contributed by atoms with Gasteiger partial charge in [0.2, 0.25) is 0 Å². The van der Waals surface area contributed by atoms with Crippen LogP contribution in [0.25, 0.3) is 10.9 Å². The lowest BCUT2D eigenvalue weighted by atomic mass is 10.1. The van der Waals surface area contributed by atoms with Crippen molar-refractivity contribution in [1.82, 2.24) is 9.97 Å². The largest absolute Gasteiger partial charge is 0.378 e. The quantitative estimate of drug-likeness (QED) is 0.784. The van der Waals surface area contributed by atoms with Crippen molar-refractivity contribution < 1.29 is 4.74 Å². The van der Waals surface area contributed by atoms with E-state index in [1.165, 1.54) is 0 Å². The first-order valence-electron chi connectivity index (χ1n) is 8.65. The number of hydrogen-bond acceptors (Lipinski definition) is 6. The van der Waals surface area contributed by atoms with Crippen molar-refractivity contribution in [2.45, 2.75) is 6.54 Å². The van der Waals surface area contributed by atoms with Crippen molar-refractivity contribution in [2.75, 3.05) is 36.5 Å². The molecule has 0 unspecified atom stereocenters. The molecule has 1 N–H and O–H groups in total. The van der Waals surface area contributed by atoms with Crippen LogP contribution in [0, 0.1) is 11.3 Å². The lowest BCUT2D eigenvalue weighted by molar-refractivity contribution is 0.122. The third-order valence-electron chi connectivity index (χ3n) is 4.46. The fraction of sp³-hybridized carbons (Fsp3) is 0.250. The van der Waals surface area contributed by atoms with Crippen LogP contribution < -0.4 is 10.2 Å². The summed E-state index contributed by atoms with van der Waals surface area (Å²) in [5, 5.41) is 13.6. The van der Waals surface area contributed by atoms with Crippen LogP contribution in [0.3, 0.4) is 0 Å². The Bertz CT molecular complexity index is 960. The van der Waals surface area contributed by atoms with E-state index in [4.69, 9.17) is 4.74 Å². The summed E-state index contributed by atoms with van der Waals surface area (Å²) in [6.07, 6.45) is 1.83. The van der Waals surface area contributed by atoms with Gasteiger partial charge in [-0.3, -0.25) is 0 Å². The second-order valence-electron chi connectivity index (χ2n) is 6.16. The summed E-state index contributed by atoms with van der Waals surface area (Å²) in [7, 11) is 0. The molecule has 0 radical (unpaired) electrons. The molecule has 1 saturated heterocycles. The van der Waals surface area contributed by atoms with Gasteiger partial charge < -0.3 is 15.0 Å². The number of hydrogen-bond donors (Lipinski definition) is 1. The van der Waals surface area contributed by atoms with Gasteiger partial charge in [0.15, 0.2) is 0 Å². The molecule has 26 heavy (non-hydrogen) atoms. The number of benzene rings is 1. The van der Waals surface area contributed by atoms with Crippen LogP contribution >= 0.6 is 0 Å². The van der Waals surface area contributed by atoms with E-state index in [0.29, 0.717) is 17.9 Å². The number of anilines is 2. The molecule has 1 fully saturated rings. The molecule has 130 valence electrons. The van der Waals surface area contributed by atoms with Gasteiger partial charge in [0.05, 0.1) is 30.4 Å². The smallest absolute Gasteiger partial charge is 0.128 e. The Morgan fingerprint density at radius 1 is 1.15 bits per heavy atom. The first-order chi connectivity index (χ1) is 12.8. The van der Waals surface area contributed by atoms with Crippen LogP contribution in [-0.2, 0) is 11.3 Å². The molecular formula is C20H19N5O. The SMILES string of the molecule is N#Cc1cc(NCc2ccnc(N3CCOCC3)c2)nc2ccccc12. The van der Waals surface area contributed by atoms with E-state index >= 15 is 0 Å². The van der Waals surface area contributed by atoms with E-state index in [-0.39, 0.29) is 0 Å². The first-order valence-corrected chi connectivity index (χ1v) is 8.65. The molecular weight excluding hydrogens is 326 g/mol. The minimum Gasteiger partial charge on any atom is -0.378 e. The Morgan fingerprint density at radius 2 is 2.00 bits per heavy atom. The summed E-state index contributed by atoms with van der Waals surface area (Å²) < 4.78 is 5.40. The molecule has 1 aliphatic heterocycles. The van der Waals surface area contributed by atoms with Gasteiger partial charge in [-0.05, 0) is 29.8 Å². The first kappa shape index (κ1) is 16.3. The van der Waals surface area contributed by atoms with Gasteiger partial charge in [-0.15, -0.1) is 0 Å². The van der Waals surface area contributed by atoms with E-state index in [0.717, 1.165) is 48.6 Å². The summed E-state index contributed by atoms with van der Waals surface area (Å²) in [6, 6.07) is 15.8. The van der Waals surface area contributed by atoms with Gasteiger partial charge in [0.25, 0.3) is 0 Å². The van der Waals surface area contributed by atoms with E-state index in [9.17, 15) is 5.26 Å². The number of fused-ring (bicyclic) bond motifs is 1. The van der Waals surface area contributed by atoms with E-state index in [1.54, 1.807) is 6.07 Å². The highest BCUT2D eigenvalue weighted by Gasteiger charge is 2.12. The van der Waals surface area contributed by atoms with Crippen LogP contribution in [-0.4, -0.2) is 36.3 Å². The van der Waals surface area contributed by atoms with E-state index in [1.807, 2.05) is 36.5 Å². The number of para-hydroxylation sites is 1. The average Bonchev–Trinajstić information content (AvgIpc) is 2.72.